The molecule has 0 spiro atoms. The average molecular weight is 205 g/mol. The second-order valence-electron chi connectivity index (χ2n) is 4.88. The standard InChI is InChI=1S/C12H15NO2/c1-7-4-5-8-10(11(7)15)12(2,3)6-9(14)13-8/h4H,5-6H2,1-3H3,(H,13,14). The first-order valence-electron chi connectivity index (χ1n) is 5.17. The number of amides is 1. The number of Topliss-reactive ketones (excluding diaryl/α,β-unsaturated/α-hetero) is 1. The van der Waals surface area contributed by atoms with Gasteiger partial charge in [0.1, 0.15) is 0 Å². The van der Waals surface area contributed by atoms with Crippen molar-refractivity contribution in [3.8, 4) is 0 Å². The van der Waals surface area contributed by atoms with Gasteiger partial charge in [-0.3, -0.25) is 9.59 Å². The molecule has 0 aromatic rings. The second kappa shape index (κ2) is 3.05. The summed E-state index contributed by atoms with van der Waals surface area (Å²) in [4.78, 5) is 23.4. The Bertz CT molecular complexity index is 413. The topological polar surface area (TPSA) is 46.2 Å². The lowest BCUT2D eigenvalue weighted by atomic mass is 9.72. The molecule has 0 saturated carbocycles. The van der Waals surface area contributed by atoms with E-state index in [-0.39, 0.29) is 17.1 Å². The van der Waals surface area contributed by atoms with Crippen LogP contribution < -0.4 is 5.32 Å². The Labute approximate surface area is 89.2 Å². The summed E-state index contributed by atoms with van der Waals surface area (Å²) in [5.41, 5.74) is 2.05. The predicted octanol–water partition coefficient (Wildman–Crippen LogP) is 1.71. The zero-order valence-electron chi connectivity index (χ0n) is 9.31. The van der Waals surface area contributed by atoms with Gasteiger partial charge in [-0.1, -0.05) is 19.9 Å². The fourth-order valence-electron chi connectivity index (χ4n) is 2.32. The van der Waals surface area contributed by atoms with Crippen LogP contribution in [0.15, 0.2) is 22.9 Å². The quantitative estimate of drug-likeness (QED) is 0.654. The van der Waals surface area contributed by atoms with E-state index in [2.05, 4.69) is 5.32 Å². The summed E-state index contributed by atoms with van der Waals surface area (Å²) in [6.45, 7) is 5.74. The third-order valence-electron chi connectivity index (χ3n) is 3.07. The number of ketones is 1. The van der Waals surface area contributed by atoms with E-state index in [1.165, 1.54) is 0 Å². The van der Waals surface area contributed by atoms with Gasteiger partial charge >= 0.3 is 0 Å². The molecular weight excluding hydrogens is 190 g/mol. The van der Waals surface area contributed by atoms with Crippen LogP contribution in [-0.2, 0) is 9.59 Å². The Hall–Kier alpha value is -1.38. The predicted molar refractivity (Wildman–Crippen MR) is 56.9 cm³/mol. The Morgan fingerprint density at radius 2 is 2.00 bits per heavy atom. The van der Waals surface area contributed by atoms with E-state index in [0.717, 1.165) is 16.8 Å². The summed E-state index contributed by atoms with van der Waals surface area (Å²) in [6, 6.07) is 0. The van der Waals surface area contributed by atoms with E-state index in [1.54, 1.807) is 0 Å². The number of allylic oxidation sites excluding steroid dienone is 3. The molecule has 0 bridgehead atoms. The van der Waals surface area contributed by atoms with Crippen LogP contribution in [0.4, 0.5) is 0 Å². The molecule has 2 rings (SSSR count). The summed E-state index contributed by atoms with van der Waals surface area (Å²) in [7, 11) is 0. The highest BCUT2D eigenvalue weighted by Gasteiger charge is 2.39. The highest BCUT2D eigenvalue weighted by molar-refractivity contribution is 6.11. The Morgan fingerprint density at radius 3 is 2.67 bits per heavy atom. The molecule has 2 aliphatic rings. The van der Waals surface area contributed by atoms with Gasteiger partial charge in [0.2, 0.25) is 5.91 Å². The maximum absolute atomic E-state index is 12.0. The lowest BCUT2D eigenvalue weighted by Gasteiger charge is -2.35. The number of hydrogen-bond donors (Lipinski definition) is 1. The van der Waals surface area contributed by atoms with Gasteiger partial charge in [-0.2, -0.15) is 0 Å². The first-order chi connectivity index (χ1) is 6.92. The van der Waals surface area contributed by atoms with E-state index in [0.29, 0.717) is 12.8 Å². The van der Waals surface area contributed by atoms with Crippen molar-refractivity contribution in [2.45, 2.75) is 33.6 Å². The average Bonchev–Trinajstić information content (AvgIpc) is 2.08. The van der Waals surface area contributed by atoms with Gasteiger partial charge in [-0.25, -0.2) is 0 Å². The van der Waals surface area contributed by atoms with Gasteiger partial charge in [-0.15, -0.1) is 0 Å². The van der Waals surface area contributed by atoms with Crippen molar-refractivity contribution >= 4 is 11.7 Å². The smallest absolute Gasteiger partial charge is 0.225 e. The Kier molecular flexibility index (Phi) is 2.07. The zero-order valence-corrected chi connectivity index (χ0v) is 9.31. The molecule has 0 saturated heterocycles. The molecule has 0 aromatic carbocycles. The summed E-state index contributed by atoms with van der Waals surface area (Å²) >= 11 is 0. The van der Waals surface area contributed by atoms with Gasteiger partial charge in [0.25, 0.3) is 0 Å². The SMILES string of the molecule is CC1=CCC2=C(C1=O)C(C)(C)CC(=O)N2. The van der Waals surface area contributed by atoms with Gasteiger partial charge < -0.3 is 5.32 Å². The molecule has 0 atom stereocenters. The maximum Gasteiger partial charge on any atom is 0.225 e. The highest BCUT2D eigenvalue weighted by Crippen LogP contribution is 2.39. The van der Waals surface area contributed by atoms with Crippen molar-refractivity contribution in [3.63, 3.8) is 0 Å². The largest absolute Gasteiger partial charge is 0.329 e. The molecule has 15 heavy (non-hydrogen) atoms. The number of nitrogens with one attached hydrogen (secondary N) is 1. The molecule has 1 amide bonds. The van der Waals surface area contributed by atoms with Gasteiger partial charge in [0.05, 0.1) is 0 Å². The summed E-state index contributed by atoms with van der Waals surface area (Å²) in [6.07, 6.45) is 2.94. The molecular formula is C12H15NO2. The first kappa shape index (κ1) is 10.1. The number of carbonyl (C=O) groups excluding carboxylic acids is 2. The van der Waals surface area contributed by atoms with E-state index in [1.807, 2.05) is 26.8 Å². The van der Waals surface area contributed by atoms with Gasteiger partial charge in [-0.05, 0) is 12.5 Å². The molecule has 1 aliphatic heterocycles. The van der Waals surface area contributed by atoms with E-state index in [4.69, 9.17) is 0 Å². The minimum atomic E-state index is -0.329. The lowest BCUT2D eigenvalue weighted by molar-refractivity contribution is -0.123. The highest BCUT2D eigenvalue weighted by atomic mass is 16.2. The van der Waals surface area contributed by atoms with Crippen molar-refractivity contribution in [1.82, 2.24) is 5.32 Å². The van der Waals surface area contributed by atoms with Crippen LogP contribution in [0.25, 0.3) is 0 Å². The van der Waals surface area contributed by atoms with Crippen LogP contribution >= 0.6 is 0 Å². The summed E-state index contributed by atoms with van der Waals surface area (Å²) in [5, 5.41) is 2.80. The molecule has 0 fully saturated rings. The summed E-state index contributed by atoms with van der Waals surface area (Å²) < 4.78 is 0. The lowest BCUT2D eigenvalue weighted by Crippen LogP contribution is -2.41. The van der Waals surface area contributed by atoms with Crippen molar-refractivity contribution in [1.29, 1.82) is 0 Å². The van der Waals surface area contributed by atoms with Crippen LogP contribution in [0.3, 0.4) is 0 Å². The van der Waals surface area contributed by atoms with Crippen LogP contribution in [0.1, 0.15) is 33.6 Å². The summed E-state index contributed by atoms with van der Waals surface area (Å²) in [5.74, 6) is 0.0979. The molecule has 0 radical (unpaired) electrons. The normalized spacial score (nSPS) is 24.6. The molecule has 1 heterocycles. The van der Waals surface area contributed by atoms with E-state index >= 15 is 0 Å². The fourth-order valence-corrected chi connectivity index (χ4v) is 2.32. The number of carbonyl (C=O) groups is 2. The van der Waals surface area contributed by atoms with Crippen LogP contribution in [0, 0.1) is 5.41 Å². The van der Waals surface area contributed by atoms with Gasteiger partial charge in [0, 0.05) is 29.5 Å². The number of rotatable bonds is 0. The first-order valence-corrected chi connectivity index (χ1v) is 5.17. The van der Waals surface area contributed by atoms with Crippen LogP contribution in [-0.4, -0.2) is 11.7 Å². The third-order valence-corrected chi connectivity index (χ3v) is 3.07. The van der Waals surface area contributed by atoms with E-state index < -0.39 is 0 Å². The molecule has 80 valence electrons. The van der Waals surface area contributed by atoms with Crippen LogP contribution in [0.5, 0.6) is 0 Å². The Balaban J connectivity index is 2.50. The zero-order chi connectivity index (χ0) is 11.2. The third kappa shape index (κ3) is 1.52. The fraction of sp³-hybridized carbons (Fsp3) is 0.500. The van der Waals surface area contributed by atoms with Crippen molar-refractivity contribution in [3.05, 3.63) is 22.9 Å². The molecule has 3 heteroatoms. The van der Waals surface area contributed by atoms with E-state index in [9.17, 15) is 9.59 Å². The Morgan fingerprint density at radius 1 is 1.33 bits per heavy atom. The van der Waals surface area contributed by atoms with Crippen molar-refractivity contribution in [2.24, 2.45) is 5.41 Å². The number of hydrogen-bond acceptors (Lipinski definition) is 2. The minimum Gasteiger partial charge on any atom is -0.329 e. The second-order valence-corrected chi connectivity index (χ2v) is 4.88. The van der Waals surface area contributed by atoms with Crippen molar-refractivity contribution in [2.75, 3.05) is 0 Å². The van der Waals surface area contributed by atoms with Gasteiger partial charge in [0.15, 0.2) is 5.78 Å². The minimum absolute atomic E-state index is 0.0134. The van der Waals surface area contributed by atoms with Crippen LogP contribution in [0.2, 0.25) is 0 Å². The molecule has 1 N–H and O–H groups in total. The monoisotopic (exact) mass is 205 g/mol. The molecule has 0 aromatic heterocycles. The van der Waals surface area contributed by atoms with Crippen molar-refractivity contribution < 1.29 is 9.59 Å². The molecule has 1 aliphatic carbocycles. The maximum atomic E-state index is 12.0. The molecule has 0 unspecified atom stereocenters. The molecule has 3 nitrogen and oxygen atoms in total.